The molecule has 0 aliphatic carbocycles. The molecule has 0 unspecified atom stereocenters. The fraction of sp³-hybridized carbons (Fsp3) is 0.467. The van der Waals surface area contributed by atoms with Crippen molar-refractivity contribution in [3.8, 4) is 11.8 Å². The van der Waals surface area contributed by atoms with Gasteiger partial charge in [0.15, 0.2) is 0 Å². The molecule has 0 saturated carbocycles. The highest BCUT2D eigenvalue weighted by Gasteiger charge is 2.11. The molecule has 2 N–H and O–H groups in total. The van der Waals surface area contributed by atoms with Gasteiger partial charge < -0.3 is 5.11 Å². The summed E-state index contributed by atoms with van der Waals surface area (Å²) < 4.78 is 39.4. The molecule has 1 aromatic rings. The quantitative estimate of drug-likeness (QED) is 0.754. The molecule has 0 aliphatic heterocycles. The van der Waals surface area contributed by atoms with Crippen LogP contribution in [0.2, 0.25) is 0 Å². The van der Waals surface area contributed by atoms with Gasteiger partial charge in [-0.2, -0.15) is 0 Å². The molecule has 0 saturated heterocycles. The highest BCUT2D eigenvalue weighted by Crippen LogP contribution is 2.10. The van der Waals surface area contributed by atoms with E-state index in [-0.39, 0.29) is 24.5 Å². The first-order valence-electron chi connectivity index (χ1n) is 6.84. The molecule has 0 aromatic heterocycles. The zero-order valence-corrected chi connectivity index (χ0v) is 12.8. The molecular formula is C15H20FNO3S. The van der Waals surface area contributed by atoms with E-state index in [1.165, 1.54) is 18.2 Å². The van der Waals surface area contributed by atoms with Crippen LogP contribution in [-0.2, 0) is 16.6 Å². The van der Waals surface area contributed by atoms with E-state index < -0.39 is 15.8 Å². The van der Waals surface area contributed by atoms with E-state index in [4.69, 9.17) is 5.11 Å². The van der Waals surface area contributed by atoms with E-state index in [2.05, 4.69) is 16.6 Å². The van der Waals surface area contributed by atoms with Crippen LogP contribution in [-0.4, -0.2) is 25.9 Å². The first-order valence-corrected chi connectivity index (χ1v) is 8.49. The molecule has 0 radical (unpaired) electrons. The summed E-state index contributed by atoms with van der Waals surface area (Å²) in [6, 6.07) is 4.30. The first kappa shape index (κ1) is 17.6. The van der Waals surface area contributed by atoms with Crippen molar-refractivity contribution in [2.24, 2.45) is 0 Å². The SMILES string of the molecule is CCCCS(=O)(=O)NCc1cc(C#CCCO)ccc1F. The maximum atomic E-state index is 13.7. The lowest BCUT2D eigenvalue weighted by molar-refractivity contribution is 0.305. The van der Waals surface area contributed by atoms with Crippen molar-refractivity contribution in [1.82, 2.24) is 4.72 Å². The third kappa shape index (κ3) is 6.71. The van der Waals surface area contributed by atoms with Gasteiger partial charge in [0.05, 0.1) is 12.4 Å². The lowest BCUT2D eigenvalue weighted by atomic mass is 10.1. The molecule has 1 rings (SSSR count). The molecule has 0 amide bonds. The van der Waals surface area contributed by atoms with Crippen LogP contribution in [0.25, 0.3) is 0 Å². The number of rotatable bonds is 7. The van der Waals surface area contributed by atoms with Crippen LogP contribution < -0.4 is 4.72 Å². The Labute approximate surface area is 125 Å². The lowest BCUT2D eigenvalue weighted by Gasteiger charge is -2.07. The Bertz CT molecular complexity index is 618. The monoisotopic (exact) mass is 313 g/mol. The summed E-state index contributed by atoms with van der Waals surface area (Å²) >= 11 is 0. The predicted molar refractivity (Wildman–Crippen MR) is 80.5 cm³/mol. The van der Waals surface area contributed by atoms with E-state index >= 15 is 0 Å². The summed E-state index contributed by atoms with van der Waals surface area (Å²) in [5.41, 5.74) is 0.846. The van der Waals surface area contributed by atoms with Gasteiger partial charge in [0.25, 0.3) is 0 Å². The third-order valence-corrected chi connectivity index (χ3v) is 4.17. The van der Waals surface area contributed by atoms with Crippen molar-refractivity contribution in [2.75, 3.05) is 12.4 Å². The number of halogens is 1. The second-order valence-corrected chi connectivity index (χ2v) is 6.50. The number of sulfonamides is 1. The summed E-state index contributed by atoms with van der Waals surface area (Å²) in [5.74, 6) is 5.10. The number of aliphatic hydroxyl groups excluding tert-OH is 1. The average Bonchev–Trinajstić information content (AvgIpc) is 2.46. The predicted octanol–water partition coefficient (Wildman–Crippen LogP) is 1.78. The highest BCUT2D eigenvalue weighted by molar-refractivity contribution is 7.89. The second kappa shape index (κ2) is 8.78. The van der Waals surface area contributed by atoms with E-state index in [9.17, 15) is 12.8 Å². The van der Waals surface area contributed by atoms with Gasteiger partial charge in [0.2, 0.25) is 10.0 Å². The summed E-state index contributed by atoms with van der Waals surface area (Å²) in [7, 11) is -3.38. The number of hydrogen-bond donors (Lipinski definition) is 2. The standard InChI is InChI=1S/C15H20FNO3S/c1-2-3-10-21(19,20)17-12-14-11-13(6-4-5-9-18)7-8-15(14)16/h7-8,11,17-18H,2-3,5,9-10,12H2,1H3. The van der Waals surface area contributed by atoms with Crippen LogP contribution in [0.1, 0.15) is 37.3 Å². The Balaban J connectivity index is 2.75. The Morgan fingerprint density at radius 2 is 2.14 bits per heavy atom. The molecule has 0 fully saturated rings. The Kier molecular flexibility index (Phi) is 7.37. The van der Waals surface area contributed by atoms with Gasteiger partial charge >= 0.3 is 0 Å². The Morgan fingerprint density at radius 1 is 1.38 bits per heavy atom. The first-order chi connectivity index (χ1) is 9.98. The van der Waals surface area contributed by atoms with Crippen molar-refractivity contribution < 1.29 is 17.9 Å². The van der Waals surface area contributed by atoms with E-state index in [1.807, 2.05) is 6.92 Å². The summed E-state index contributed by atoms with van der Waals surface area (Å²) in [6.45, 7) is 1.79. The van der Waals surface area contributed by atoms with E-state index in [0.29, 0.717) is 18.4 Å². The van der Waals surface area contributed by atoms with Crippen LogP contribution in [0.15, 0.2) is 18.2 Å². The maximum Gasteiger partial charge on any atom is 0.211 e. The van der Waals surface area contributed by atoms with Gasteiger partial charge in [-0.05, 0) is 24.6 Å². The van der Waals surface area contributed by atoms with E-state index in [0.717, 1.165) is 6.42 Å². The van der Waals surface area contributed by atoms with Gasteiger partial charge in [-0.25, -0.2) is 17.5 Å². The smallest absolute Gasteiger partial charge is 0.211 e. The topological polar surface area (TPSA) is 66.4 Å². The van der Waals surface area contributed by atoms with Crippen LogP contribution in [0, 0.1) is 17.7 Å². The number of benzene rings is 1. The molecule has 0 bridgehead atoms. The minimum absolute atomic E-state index is 0.0295. The number of nitrogens with one attached hydrogen (secondary N) is 1. The zero-order chi connectivity index (χ0) is 15.7. The largest absolute Gasteiger partial charge is 0.395 e. The van der Waals surface area contributed by atoms with Crippen LogP contribution >= 0.6 is 0 Å². The minimum atomic E-state index is -3.38. The molecule has 6 heteroatoms. The molecular weight excluding hydrogens is 293 g/mol. The number of hydrogen-bond acceptors (Lipinski definition) is 3. The summed E-state index contributed by atoms with van der Waals surface area (Å²) in [4.78, 5) is 0. The van der Waals surface area contributed by atoms with Crippen molar-refractivity contribution >= 4 is 10.0 Å². The number of unbranched alkanes of at least 4 members (excludes halogenated alkanes) is 1. The second-order valence-electron chi connectivity index (χ2n) is 4.58. The van der Waals surface area contributed by atoms with Crippen molar-refractivity contribution in [3.05, 3.63) is 35.1 Å². The van der Waals surface area contributed by atoms with Crippen molar-refractivity contribution in [1.29, 1.82) is 0 Å². The van der Waals surface area contributed by atoms with Crippen LogP contribution in [0.3, 0.4) is 0 Å². The molecule has 0 atom stereocenters. The average molecular weight is 313 g/mol. The normalized spacial score (nSPS) is 11.0. The van der Waals surface area contributed by atoms with Gasteiger partial charge in [0.1, 0.15) is 5.82 Å². The fourth-order valence-electron chi connectivity index (χ4n) is 1.60. The molecule has 116 valence electrons. The molecule has 4 nitrogen and oxygen atoms in total. The van der Waals surface area contributed by atoms with Crippen LogP contribution in [0.5, 0.6) is 0 Å². The summed E-state index contributed by atoms with van der Waals surface area (Å²) in [5, 5.41) is 8.65. The van der Waals surface area contributed by atoms with Gasteiger partial charge in [0, 0.05) is 24.1 Å². The fourth-order valence-corrected chi connectivity index (χ4v) is 2.79. The third-order valence-electron chi connectivity index (χ3n) is 2.76. The minimum Gasteiger partial charge on any atom is -0.395 e. The Hall–Kier alpha value is -1.42. The highest BCUT2D eigenvalue weighted by atomic mass is 32.2. The molecule has 0 heterocycles. The molecule has 0 aliphatic rings. The van der Waals surface area contributed by atoms with Crippen molar-refractivity contribution in [2.45, 2.75) is 32.7 Å². The van der Waals surface area contributed by atoms with Crippen molar-refractivity contribution in [3.63, 3.8) is 0 Å². The van der Waals surface area contributed by atoms with Gasteiger partial charge in [-0.15, -0.1) is 0 Å². The zero-order valence-electron chi connectivity index (χ0n) is 12.0. The van der Waals surface area contributed by atoms with Gasteiger partial charge in [-0.1, -0.05) is 25.2 Å². The summed E-state index contributed by atoms with van der Waals surface area (Å²) in [6.07, 6.45) is 1.70. The molecule has 0 spiro atoms. The number of aliphatic hydroxyl groups is 1. The lowest BCUT2D eigenvalue weighted by Crippen LogP contribution is -2.26. The molecule has 21 heavy (non-hydrogen) atoms. The van der Waals surface area contributed by atoms with E-state index in [1.54, 1.807) is 0 Å². The van der Waals surface area contributed by atoms with Gasteiger partial charge in [-0.3, -0.25) is 0 Å². The van der Waals surface area contributed by atoms with Crippen LogP contribution in [0.4, 0.5) is 4.39 Å². The maximum absolute atomic E-state index is 13.7. The Morgan fingerprint density at radius 3 is 2.81 bits per heavy atom. The molecule has 1 aromatic carbocycles.